The van der Waals surface area contributed by atoms with E-state index >= 15 is 0 Å². The number of nitrogens with zero attached hydrogens (tertiary/aromatic N) is 2. The van der Waals surface area contributed by atoms with Crippen molar-refractivity contribution >= 4 is 44.9 Å². The second-order valence-corrected chi connectivity index (χ2v) is 9.84. The van der Waals surface area contributed by atoms with Crippen molar-refractivity contribution in [3.05, 3.63) is 83.0 Å². The van der Waals surface area contributed by atoms with Gasteiger partial charge < -0.3 is 9.64 Å². The monoisotopic (exact) mass is 456 g/mol. The van der Waals surface area contributed by atoms with Crippen LogP contribution < -0.4 is 4.90 Å². The summed E-state index contributed by atoms with van der Waals surface area (Å²) in [6.07, 6.45) is 12.6. The molecule has 1 aromatic heterocycles. The van der Waals surface area contributed by atoms with Gasteiger partial charge in [-0.05, 0) is 73.1 Å². The zero-order chi connectivity index (χ0) is 22.8. The van der Waals surface area contributed by atoms with Crippen LogP contribution in [-0.4, -0.2) is 25.1 Å². The van der Waals surface area contributed by atoms with Crippen LogP contribution in [0.25, 0.3) is 21.9 Å². The third-order valence-electron chi connectivity index (χ3n) is 6.73. The lowest BCUT2D eigenvalue weighted by Crippen LogP contribution is -2.23. The maximum Gasteiger partial charge on any atom is 0.308 e. The molecule has 2 aromatic carbocycles. The molecular formula is C28H28N2O2S. The second-order valence-electron chi connectivity index (χ2n) is 8.78. The lowest BCUT2D eigenvalue weighted by Gasteiger charge is -2.29. The number of methoxy groups -OCH3 is 1. The largest absolute Gasteiger partial charge is 0.469 e. The van der Waals surface area contributed by atoms with Crippen LogP contribution in [0.3, 0.4) is 0 Å². The first kappa shape index (κ1) is 21.7. The summed E-state index contributed by atoms with van der Waals surface area (Å²) in [7, 11) is 3.57. The molecule has 0 atom stereocenters. The number of allylic oxidation sites excluding steroid dienone is 4. The highest BCUT2D eigenvalue weighted by Crippen LogP contribution is 2.39. The Morgan fingerprint density at radius 1 is 1.06 bits per heavy atom. The first-order valence-electron chi connectivity index (χ1n) is 11.5. The van der Waals surface area contributed by atoms with Gasteiger partial charge in [-0.15, -0.1) is 11.3 Å². The molecule has 0 radical (unpaired) electrons. The number of fused-ring (bicyclic) bond motifs is 2. The van der Waals surface area contributed by atoms with Crippen LogP contribution in [0, 0.1) is 11.8 Å². The summed E-state index contributed by atoms with van der Waals surface area (Å²) < 4.78 is 6.20. The Kier molecular flexibility index (Phi) is 6.14. The van der Waals surface area contributed by atoms with Crippen molar-refractivity contribution in [3.63, 3.8) is 0 Å². The van der Waals surface area contributed by atoms with E-state index in [2.05, 4.69) is 78.8 Å². The van der Waals surface area contributed by atoms with E-state index in [9.17, 15) is 4.79 Å². The van der Waals surface area contributed by atoms with E-state index in [0.29, 0.717) is 5.92 Å². The normalized spacial score (nSPS) is 21.9. The first-order chi connectivity index (χ1) is 16.1. The number of benzene rings is 2. The third kappa shape index (κ3) is 4.51. The van der Waals surface area contributed by atoms with Crippen molar-refractivity contribution in [2.45, 2.75) is 25.7 Å². The van der Waals surface area contributed by atoms with E-state index in [1.54, 1.807) is 11.3 Å². The molecule has 3 aromatic rings. The van der Waals surface area contributed by atoms with Crippen LogP contribution in [0.4, 0.5) is 5.69 Å². The summed E-state index contributed by atoms with van der Waals surface area (Å²) in [5, 5.41) is 1.03. The maximum absolute atomic E-state index is 12.0. The Bertz CT molecular complexity index is 1230. The van der Waals surface area contributed by atoms with Gasteiger partial charge in [0.05, 0.1) is 23.2 Å². The number of carbonyl (C=O) groups is 1. The van der Waals surface area contributed by atoms with Crippen LogP contribution in [0.1, 0.15) is 36.3 Å². The molecule has 1 aliphatic carbocycles. The van der Waals surface area contributed by atoms with E-state index in [4.69, 9.17) is 9.72 Å². The van der Waals surface area contributed by atoms with Crippen molar-refractivity contribution in [3.8, 4) is 0 Å². The number of esters is 1. The van der Waals surface area contributed by atoms with E-state index in [1.807, 2.05) is 6.07 Å². The quantitative estimate of drug-likeness (QED) is 0.409. The van der Waals surface area contributed by atoms with Crippen molar-refractivity contribution < 1.29 is 9.53 Å². The highest BCUT2D eigenvalue weighted by molar-refractivity contribution is 7.19. The predicted octanol–water partition coefficient (Wildman–Crippen LogP) is 6.71. The van der Waals surface area contributed by atoms with Gasteiger partial charge in [0, 0.05) is 24.5 Å². The van der Waals surface area contributed by atoms with E-state index in [-0.39, 0.29) is 11.9 Å². The SMILES string of the molecule is COC(=O)C1CCC(C(/C=C2\C=CN(C)c3ccccc32)=C\c2nc3ccccc3s2)CC1. The Labute approximate surface area is 198 Å². The first-order valence-corrected chi connectivity index (χ1v) is 12.3. The molecule has 1 fully saturated rings. The molecule has 0 amide bonds. The number of para-hydroxylation sites is 2. The maximum atomic E-state index is 12.0. The minimum absolute atomic E-state index is 0.0200. The standard InChI is InChI=1S/C28H28N2O2S/c1-30-16-15-21(23-7-3-5-9-25(23)30)17-22(19-11-13-20(14-12-19)28(31)32-2)18-27-29-24-8-4-6-10-26(24)33-27/h3-10,15-20H,11-14H2,1-2H3/b21-17+,22-18-. The lowest BCUT2D eigenvalue weighted by atomic mass is 9.77. The molecule has 0 spiro atoms. The lowest BCUT2D eigenvalue weighted by molar-refractivity contribution is -0.146. The van der Waals surface area contributed by atoms with Gasteiger partial charge in [0.2, 0.25) is 0 Å². The van der Waals surface area contributed by atoms with Gasteiger partial charge in [-0.1, -0.05) is 36.4 Å². The fourth-order valence-corrected chi connectivity index (χ4v) is 5.82. The zero-order valence-corrected chi connectivity index (χ0v) is 19.8. The fraction of sp³-hybridized carbons (Fsp3) is 0.286. The fourth-order valence-electron chi connectivity index (χ4n) is 4.89. The van der Waals surface area contributed by atoms with Gasteiger partial charge >= 0.3 is 5.97 Å². The molecule has 1 saturated carbocycles. The minimum atomic E-state index is -0.0734. The summed E-state index contributed by atoms with van der Waals surface area (Å²) in [4.78, 5) is 19.1. The average molecular weight is 457 g/mol. The number of hydrogen-bond donors (Lipinski definition) is 0. The molecule has 0 bridgehead atoms. The number of hydrogen-bond acceptors (Lipinski definition) is 5. The molecule has 2 heterocycles. The Hall–Kier alpha value is -3.18. The number of ether oxygens (including phenoxy) is 1. The Balaban J connectivity index is 1.53. The summed E-state index contributed by atoms with van der Waals surface area (Å²) in [6.45, 7) is 0. The van der Waals surface area contributed by atoms with Gasteiger partial charge in [0.15, 0.2) is 0 Å². The number of carbonyl (C=O) groups excluding carboxylic acids is 1. The van der Waals surface area contributed by atoms with E-state index in [0.717, 1.165) is 36.2 Å². The molecule has 0 unspecified atom stereocenters. The van der Waals surface area contributed by atoms with E-state index < -0.39 is 0 Å². The Morgan fingerprint density at radius 2 is 1.79 bits per heavy atom. The molecule has 4 nitrogen and oxygen atoms in total. The molecular weight excluding hydrogens is 428 g/mol. The van der Waals surface area contributed by atoms with Crippen LogP contribution in [0.2, 0.25) is 0 Å². The second kappa shape index (κ2) is 9.36. The van der Waals surface area contributed by atoms with Crippen LogP contribution in [-0.2, 0) is 9.53 Å². The van der Waals surface area contributed by atoms with E-state index in [1.165, 1.54) is 34.2 Å². The summed E-state index contributed by atoms with van der Waals surface area (Å²) in [5.41, 5.74) is 5.99. The smallest absolute Gasteiger partial charge is 0.308 e. The molecule has 0 N–H and O–H groups in total. The number of thiazole rings is 1. The van der Waals surface area contributed by atoms with Crippen molar-refractivity contribution in [1.82, 2.24) is 4.98 Å². The molecule has 0 saturated heterocycles. The average Bonchev–Trinajstić information content (AvgIpc) is 3.27. The predicted molar refractivity (Wildman–Crippen MR) is 137 cm³/mol. The third-order valence-corrected chi connectivity index (χ3v) is 7.71. The molecule has 33 heavy (non-hydrogen) atoms. The van der Waals surface area contributed by atoms with Crippen molar-refractivity contribution in [1.29, 1.82) is 0 Å². The highest BCUT2D eigenvalue weighted by Gasteiger charge is 2.28. The Morgan fingerprint density at radius 3 is 2.58 bits per heavy atom. The molecule has 168 valence electrons. The summed E-state index contributed by atoms with van der Waals surface area (Å²) >= 11 is 1.73. The van der Waals surface area contributed by atoms with Gasteiger partial charge in [-0.2, -0.15) is 0 Å². The van der Waals surface area contributed by atoms with Crippen molar-refractivity contribution in [2.75, 3.05) is 19.1 Å². The molecule has 5 rings (SSSR count). The molecule has 5 heteroatoms. The van der Waals surface area contributed by atoms with Crippen LogP contribution in [0.5, 0.6) is 0 Å². The minimum Gasteiger partial charge on any atom is -0.469 e. The molecule has 2 aliphatic rings. The zero-order valence-electron chi connectivity index (χ0n) is 19.0. The highest BCUT2D eigenvalue weighted by atomic mass is 32.1. The van der Waals surface area contributed by atoms with Crippen LogP contribution >= 0.6 is 11.3 Å². The number of anilines is 1. The van der Waals surface area contributed by atoms with Crippen molar-refractivity contribution in [2.24, 2.45) is 11.8 Å². The summed E-state index contributed by atoms with van der Waals surface area (Å²) in [6, 6.07) is 16.8. The van der Waals surface area contributed by atoms with Gasteiger partial charge in [-0.25, -0.2) is 4.98 Å². The van der Waals surface area contributed by atoms with Gasteiger partial charge in [0.1, 0.15) is 5.01 Å². The van der Waals surface area contributed by atoms with Gasteiger partial charge in [-0.3, -0.25) is 4.79 Å². The van der Waals surface area contributed by atoms with Gasteiger partial charge in [0.25, 0.3) is 0 Å². The topological polar surface area (TPSA) is 42.4 Å². The summed E-state index contributed by atoms with van der Waals surface area (Å²) in [5.74, 6) is 0.341. The number of aromatic nitrogens is 1. The molecule has 1 aliphatic heterocycles. The van der Waals surface area contributed by atoms with Crippen LogP contribution in [0.15, 0.2) is 72.5 Å². The number of rotatable bonds is 4.